The Morgan fingerprint density at radius 1 is 1.23 bits per heavy atom. The van der Waals surface area contributed by atoms with Gasteiger partial charge in [-0.3, -0.25) is 14.2 Å². The van der Waals surface area contributed by atoms with Crippen LogP contribution in [0.1, 0.15) is 25.5 Å². The summed E-state index contributed by atoms with van der Waals surface area (Å²) in [5.74, 6) is 0.629. The average molecular weight is 492 g/mol. The number of hydrogen-bond acceptors (Lipinski definition) is 9. The van der Waals surface area contributed by atoms with Gasteiger partial charge in [-0.25, -0.2) is 9.98 Å². The highest BCUT2D eigenvalue weighted by Gasteiger charge is 2.32. The molecule has 2 aromatic carbocycles. The zero-order chi connectivity index (χ0) is 24.4. The van der Waals surface area contributed by atoms with Gasteiger partial charge in [0.15, 0.2) is 22.7 Å². The van der Waals surface area contributed by atoms with Gasteiger partial charge in [-0.1, -0.05) is 36.0 Å². The Balaban J connectivity index is 1.39. The Hall–Kier alpha value is -4.12. The molecule has 3 heterocycles. The van der Waals surface area contributed by atoms with E-state index < -0.39 is 5.90 Å². The predicted octanol–water partition coefficient (Wildman–Crippen LogP) is 2.84. The quantitative estimate of drug-likeness (QED) is 0.225. The van der Waals surface area contributed by atoms with E-state index in [0.717, 1.165) is 17.3 Å². The van der Waals surface area contributed by atoms with Crippen molar-refractivity contribution in [2.75, 3.05) is 17.4 Å². The van der Waals surface area contributed by atoms with Gasteiger partial charge in [-0.15, -0.1) is 0 Å². The second kappa shape index (κ2) is 9.63. The highest BCUT2D eigenvalue weighted by Crippen LogP contribution is 2.34. The van der Waals surface area contributed by atoms with Crippen molar-refractivity contribution in [1.82, 2.24) is 5.27 Å². The molecule has 0 saturated carbocycles. The molecule has 0 unspecified atom stereocenters. The minimum absolute atomic E-state index is 0.0326. The Morgan fingerprint density at radius 3 is 2.80 bits per heavy atom. The molecule has 2 aliphatic heterocycles. The molecule has 0 fully saturated rings. The Bertz CT molecular complexity index is 1350. The number of aromatic nitrogens is 2. The summed E-state index contributed by atoms with van der Waals surface area (Å²) in [7, 11) is 0. The molecule has 10 nitrogen and oxygen atoms in total. The van der Waals surface area contributed by atoms with E-state index in [1.807, 2.05) is 50.2 Å². The molecule has 178 valence electrons. The SMILES string of the molecule is CC(C)[n+]1cc(/N=C(/[O-])CSC2=N/C(=C/c3ccc4c(c3)OCO4)C(=O)N2c2ccccc2)on1. The molecule has 5 rings (SSSR count). The first-order chi connectivity index (χ1) is 17.0. The summed E-state index contributed by atoms with van der Waals surface area (Å²) in [4.78, 5) is 23.3. The van der Waals surface area contributed by atoms with E-state index in [1.165, 1.54) is 4.90 Å². The fourth-order valence-corrected chi connectivity index (χ4v) is 4.18. The normalized spacial score (nSPS) is 16.5. The first-order valence-corrected chi connectivity index (χ1v) is 11.8. The molecule has 0 aliphatic carbocycles. The summed E-state index contributed by atoms with van der Waals surface area (Å²) in [6.07, 6.45) is 3.24. The van der Waals surface area contributed by atoms with Crippen LogP contribution in [0.5, 0.6) is 11.5 Å². The maximum atomic E-state index is 13.3. The van der Waals surface area contributed by atoms with E-state index in [-0.39, 0.29) is 36.1 Å². The monoisotopic (exact) mass is 491 g/mol. The Labute approximate surface area is 205 Å². The molecule has 0 radical (unpaired) electrons. The van der Waals surface area contributed by atoms with Crippen LogP contribution in [0.15, 0.2) is 74.9 Å². The Kier molecular flexibility index (Phi) is 6.23. The Morgan fingerprint density at radius 2 is 2.03 bits per heavy atom. The molecular formula is C24H21N5O5S. The molecule has 11 heteroatoms. The van der Waals surface area contributed by atoms with Crippen molar-refractivity contribution in [3.63, 3.8) is 0 Å². The molecule has 2 aliphatic rings. The lowest BCUT2D eigenvalue weighted by molar-refractivity contribution is -0.779. The van der Waals surface area contributed by atoms with Crippen molar-refractivity contribution in [3.8, 4) is 11.5 Å². The van der Waals surface area contributed by atoms with E-state index >= 15 is 0 Å². The van der Waals surface area contributed by atoms with Gasteiger partial charge in [-0.05, 0) is 60.3 Å². The number of amides is 1. The summed E-state index contributed by atoms with van der Waals surface area (Å²) in [5.41, 5.74) is 1.64. The van der Waals surface area contributed by atoms with Crippen molar-refractivity contribution in [3.05, 3.63) is 66.0 Å². The minimum atomic E-state index is -0.432. The number of hydrogen-bond donors (Lipinski definition) is 0. The first-order valence-electron chi connectivity index (χ1n) is 10.8. The van der Waals surface area contributed by atoms with Crippen LogP contribution < -0.4 is 24.2 Å². The fraction of sp³-hybridized carbons (Fsp3) is 0.208. The van der Waals surface area contributed by atoms with Gasteiger partial charge in [-0.2, -0.15) is 0 Å². The first kappa shape index (κ1) is 22.7. The second-order valence-electron chi connectivity index (χ2n) is 7.92. The van der Waals surface area contributed by atoms with Crippen LogP contribution in [0, 0.1) is 0 Å². The van der Waals surface area contributed by atoms with Gasteiger partial charge in [0.25, 0.3) is 12.1 Å². The largest absolute Gasteiger partial charge is 0.861 e. The van der Waals surface area contributed by atoms with E-state index in [1.54, 1.807) is 29.1 Å². The lowest BCUT2D eigenvalue weighted by Crippen LogP contribution is -2.36. The number of ether oxygens (including phenoxy) is 2. The summed E-state index contributed by atoms with van der Waals surface area (Å²) in [6, 6.07) is 14.6. The number of thioether (sulfide) groups is 1. The molecule has 0 spiro atoms. The van der Waals surface area contributed by atoms with Gasteiger partial charge in [0, 0.05) is 5.75 Å². The standard InChI is InChI=1S/C24H21N5O5S/c1-15(2)28-12-22(34-27-28)26-21(30)13-35-24-25-18(23(31)29(24)17-6-4-3-5-7-17)10-16-8-9-19-20(11-16)33-14-32-19/h3-12,15H,13-14H2,1-2H3/b18-10+. The number of benzene rings is 2. The third-order valence-electron chi connectivity index (χ3n) is 5.10. The smallest absolute Gasteiger partial charge is 0.320 e. The lowest BCUT2D eigenvalue weighted by Gasteiger charge is -2.18. The van der Waals surface area contributed by atoms with Gasteiger partial charge >= 0.3 is 5.88 Å². The van der Waals surface area contributed by atoms with Crippen molar-refractivity contribution in [2.45, 2.75) is 19.9 Å². The van der Waals surface area contributed by atoms with E-state index in [2.05, 4.69) is 15.3 Å². The molecular weight excluding hydrogens is 470 g/mol. The molecule has 35 heavy (non-hydrogen) atoms. The molecule has 1 aromatic heterocycles. The maximum Gasteiger partial charge on any atom is 0.320 e. The lowest BCUT2D eigenvalue weighted by atomic mass is 10.1. The van der Waals surface area contributed by atoms with Gasteiger partial charge in [0.2, 0.25) is 12.1 Å². The highest BCUT2D eigenvalue weighted by molar-refractivity contribution is 8.14. The topological polar surface area (TPSA) is 116 Å². The summed E-state index contributed by atoms with van der Waals surface area (Å²) in [6.45, 7) is 4.04. The van der Waals surface area contributed by atoms with Gasteiger partial charge < -0.3 is 14.6 Å². The van der Waals surface area contributed by atoms with Crippen LogP contribution in [0.2, 0.25) is 0 Å². The molecule has 3 aromatic rings. The second-order valence-corrected chi connectivity index (χ2v) is 8.86. The van der Waals surface area contributed by atoms with Crippen LogP contribution in [0.25, 0.3) is 6.08 Å². The zero-order valence-corrected chi connectivity index (χ0v) is 19.8. The molecule has 0 N–H and O–H groups in total. The average Bonchev–Trinajstić information content (AvgIpc) is 3.58. The molecule has 1 amide bonds. The number of carbonyl (C=O) groups excluding carboxylic acids is 1. The number of para-hydroxylation sites is 1. The van der Waals surface area contributed by atoms with Crippen LogP contribution >= 0.6 is 11.8 Å². The summed E-state index contributed by atoms with van der Waals surface area (Å²) in [5, 5.41) is 16.7. The fourth-order valence-electron chi connectivity index (χ4n) is 3.38. The summed E-state index contributed by atoms with van der Waals surface area (Å²) < 4.78 is 17.4. The number of amidine groups is 1. The molecule has 0 atom stereocenters. The van der Waals surface area contributed by atoms with Gasteiger partial charge in [0.1, 0.15) is 5.70 Å². The van der Waals surface area contributed by atoms with E-state index in [9.17, 15) is 9.90 Å². The van der Waals surface area contributed by atoms with E-state index in [4.69, 9.17) is 14.0 Å². The third-order valence-corrected chi connectivity index (χ3v) is 6.03. The number of anilines is 1. The zero-order valence-electron chi connectivity index (χ0n) is 19.0. The van der Waals surface area contributed by atoms with Crippen LogP contribution in [-0.2, 0) is 4.79 Å². The van der Waals surface area contributed by atoms with Gasteiger partial charge in [0.05, 0.1) is 5.69 Å². The van der Waals surface area contributed by atoms with Crippen molar-refractivity contribution >= 4 is 46.4 Å². The van der Waals surface area contributed by atoms with Crippen molar-refractivity contribution < 1.29 is 28.6 Å². The van der Waals surface area contributed by atoms with Crippen molar-refractivity contribution in [2.24, 2.45) is 9.98 Å². The number of nitrogens with zero attached hydrogens (tertiary/aromatic N) is 5. The molecule has 0 saturated heterocycles. The number of fused-ring (bicyclic) bond motifs is 1. The van der Waals surface area contributed by atoms with Crippen LogP contribution in [0.3, 0.4) is 0 Å². The minimum Gasteiger partial charge on any atom is -0.861 e. The highest BCUT2D eigenvalue weighted by atomic mass is 32.2. The van der Waals surface area contributed by atoms with Crippen molar-refractivity contribution in [1.29, 1.82) is 0 Å². The maximum absolute atomic E-state index is 13.3. The third kappa shape index (κ3) is 4.90. The van der Waals surface area contributed by atoms with E-state index in [0.29, 0.717) is 22.4 Å². The number of rotatable bonds is 6. The summed E-state index contributed by atoms with van der Waals surface area (Å²) >= 11 is 1.12. The number of aliphatic imine (C=N–C) groups is 2. The predicted molar refractivity (Wildman–Crippen MR) is 129 cm³/mol. The molecule has 0 bridgehead atoms. The van der Waals surface area contributed by atoms with Crippen LogP contribution in [-0.4, -0.2) is 34.8 Å². The number of carbonyl (C=O) groups is 1. The van der Waals surface area contributed by atoms with Crippen LogP contribution in [0.4, 0.5) is 11.6 Å².